The second-order valence-electron chi connectivity index (χ2n) is 6.15. The summed E-state index contributed by atoms with van der Waals surface area (Å²) in [5.41, 5.74) is 2.13. The average Bonchev–Trinajstić information content (AvgIpc) is 3.09. The topological polar surface area (TPSA) is 67.8 Å². The van der Waals surface area contributed by atoms with Gasteiger partial charge in [0.25, 0.3) is 5.56 Å². The first-order valence-corrected chi connectivity index (χ1v) is 9.17. The van der Waals surface area contributed by atoms with Crippen LogP contribution in [0.15, 0.2) is 64.7 Å². The highest BCUT2D eigenvalue weighted by molar-refractivity contribution is 8.00. The highest BCUT2D eigenvalue weighted by atomic mass is 32.2. The van der Waals surface area contributed by atoms with E-state index in [1.807, 2.05) is 49.4 Å². The molecule has 0 saturated heterocycles. The van der Waals surface area contributed by atoms with E-state index in [4.69, 9.17) is 0 Å². The lowest BCUT2D eigenvalue weighted by molar-refractivity contribution is 0.0995. The standard InChI is InChI=1S/C20H17N3O2S/c1-12(18(24)15-11-21-16-9-5-3-7-13(15)16)26-20-22-17-10-6-4-8-14(17)19(25)23(20)2/h3-12,21H,1-2H3. The molecule has 0 amide bonds. The van der Waals surface area contributed by atoms with Gasteiger partial charge in [0.2, 0.25) is 0 Å². The van der Waals surface area contributed by atoms with Crippen LogP contribution in [-0.2, 0) is 7.05 Å². The number of aromatic amines is 1. The van der Waals surface area contributed by atoms with E-state index in [1.54, 1.807) is 19.3 Å². The minimum Gasteiger partial charge on any atom is -0.360 e. The molecule has 6 heteroatoms. The molecule has 0 fully saturated rings. The number of hydrogen-bond acceptors (Lipinski definition) is 4. The van der Waals surface area contributed by atoms with Gasteiger partial charge in [-0.05, 0) is 25.1 Å². The predicted octanol–water partition coefficient (Wildman–Crippen LogP) is 3.78. The summed E-state index contributed by atoms with van der Waals surface area (Å²) in [5.74, 6) is 0.00913. The number of Topliss-reactive ketones (excluding diaryl/α,β-unsaturated/α-hetero) is 1. The Morgan fingerprint density at radius 1 is 1.12 bits per heavy atom. The highest BCUT2D eigenvalue weighted by Gasteiger charge is 2.22. The van der Waals surface area contributed by atoms with Gasteiger partial charge >= 0.3 is 0 Å². The minimum atomic E-state index is -0.367. The molecule has 0 saturated carbocycles. The summed E-state index contributed by atoms with van der Waals surface area (Å²) in [7, 11) is 1.69. The van der Waals surface area contributed by atoms with Crippen LogP contribution in [0, 0.1) is 0 Å². The summed E-state index contributed by atoms with van der Waals surface area (Å²) in [4.78, 5) is 33.2. The van der Waals surface area contributed by atoms with Crippen molar-refractivity contribution in [3.05, 3.63) is 70.6 Å². The number of aromatic nitrogens is 3. The molecule has 0 radical (unpaired) electrons. The average molecular weight is 363 g/mol. The number of H-pyrrole nitrogens is 1. The Morgan fingerprint density at radius 3 is 2.62 bits per heavy atom. The fraction of sp³-hybridized carbons (Fsp3) is 0.150. The molecule has 1 atom stereocenters. The van der Waals surface area contributed by atoms with Gasteiger partial charge in [0.05, 0.1) is 16.2 Å². The van der Waals surface area contributed by atoms with Gasteiger partial charge in [-0.2, -0.15) is 0 Å². The molecule has 2 aromatic heterocycles. The lowest BCUT2D eigenvalue weighted by Gasteiger charge is -2.13. The summed E-state index contributed by atoms with van der Waals surface area (Å²) in [6.07, 6.45) is 1.75. The number of ketones is 1. The molecule has 0 bridgehead atoms. The second-order valence-corrected chi connectivity index (χ2v) is 7.46. The van der Waals surface area contributed by atoms with Crippen LogP contribution < -0.4 is 5.56 Å². The summed E-state index contributed by atoms with van der Waals surface area (Å²) in [6.45, 7) is 1.84. The van der Waals surface area contributed by atoms with Gasteiger partial charge in [0.15, 0.2) is 10.9 Å². The van der Waals surface area contributed by atoms with Gasteiger partial charge in [0, 0.05) is 29.7 Å². The Bertz CT molecular complexity index is 1190. The smallest absolute Gasteiger partial charge is 0.261 e. The first-order valence-electron chi connectivity index (χ1n) is 8.29. The molecule has 5 nitrogen and oxygen atoms in total. The lowest BCUT2D eigenvalue weighted by Crippen LogP contribution is -2.22. The summed E-state index contributed by atoms with van der Waals surface area (Å²) >= 11 is 1.30. The van der Waals surface area contributed by atoms with Crippen LogP contribution in [0.2, 0.25) is 0 Å². The maximum atomic E-state index is 12.9. The second kappa shape index (κ2) is 6.46. The number of nitrogens with one attached hydrogen (secondary N) is 1. The molecule has 2 heterocycles. The van der Waals surface area contributed by atoms with Crippen molar-refractivity contribution < 1.29 is 4.79 Å². The third-order valence-corrected chi connectivity index (χ3v) is 5.59. The number of rotatable bonds is 4. The Labute approximate surface area is 154 Å². The number of carbonyl (C=O) groups is 1. The zero-order valence-electron chi connectivity index (χ0n) is 14.4. The Balaban J connectivity index is 1.69. The van der Waals surface area contributed by atoms with Crippen molar-refractivity contribution in [2.75, 3.05) is 0 Å². The normalized spacial score (nSPS) is 12.5. The first-order chi connectivity index (χ1) is 12.6. The largest absolute Gasteiger partial charge is 0.360 e. The number of benzene rings is 2. The zero-order chi connectivity index (χ0) is 18.3. The summed E-state index contributed by atoms with van der Waals surface area (Å²) in [6, 6.07) is 15.0. The lowest BCUT2D eigenvalue weighted by atomic mass is 10.1. The van der Waals surface area contributed by atoms with Gasteiger partial charge in [-0.1, -0.05) is 42.1 Å². The van der Waals surface area contributed by atoms with Crippen molar-refractivity contribution in [1.82, 2.24) is 14.5 Å². The summed E-state index contributed by atoms with van der Waals surface area (Å²) < 4.78 is 1.51. The van der Waals surface area contributed by atoms with Crippen molar-refractivity contribution in [2.45, 2.75) is 17.3 Å². The number of carbonyl (C=O) groups excluding carboxylic acids is 1. The van der Waals surface area contributed by atoms with E-state index in [9.17, 15) is 9.59 Å². The fourth-order valence-corrected chi connectivity index (χ4v) is 3.95. The molecule has 26 heavy (non-hydrogen) atoms. The maximum Gasteiger partial charge on any atom is 0.261 e. The highest BCUT2D eigenvalue weighted by Crippen LogP contribution is 2.27. The number of fused-ring (bicyclic) bond motifs is 2. The van der Waals surface area contributed by atoms with Gasteiger partial charge in [-0.15, -0.1) is 0 Å². The predicted molar refractivity (Wildman–Crippen MR) is 105 cm³/mol. The molecule has 0 spiro atoms. The quantitative estimate of drug-likeness (QED) is 0.340. The van der Waals surface area contributed by atoms with Crippen molar-refractivity contribution >= 4 is 39.4 Å². The number of para-hydroxylation sites is 2. The molecule has 4 aromatic rings. The van der Waals surface area contributed by atoms with Crippen LogP contribution in [0.4, 0.5) is 0 Å². The van der Waals surface area contributed by atoms with Gasteiger partial charge in [-0.25, -0.2) is 4.98 Å². The number of hydrogen-bond donors (Lipinski definition) is 1. The van der Waals surface area contributed by atoms with E-state index >= 15 is 0 Å². The molecular formula is C20H17N3O2S. The molecule has 0 aliphatic carbocycles. The molecule has 0 aliphatic heterocycles. The molecular weight excluding hydrogens is 346 g/mol. The van der Waals surface area contributed by atoms with Crippen molar-refractivity contribution in [3.63, 3.8) is 0 Å². The number of nitrogens with zero attached hydrogens (tertiary/aromatic N) is 2. The van der Waals surface area contributed by atoms with Gasteiger partial charge in [0.1, 0.15) is 0 Å². The van der Waals surface area contributed by atoms with Crippen LogP contribution >= 0.6 is 11.8 Å². The van der Waals surface area contributed by atoms with Crippen LogP contribution in [0.1, 0.15) is 17.3 Å². The maximum absolute atomic E-state index is 12.9. The van der Waals surface area contributed by atoms with E-state index in [0.717, 1.165) is 10.9 Å². The number of thioether (sulfide) groups is 1. The molecule has 4 rings (SSSR count). The van der Waals surface area contributed by atoms with Gasteiger partial charge in [-0.3, -0.25) is 14.2 Å². The molecule has 1 unspecified atom stereocenters. The third kappa shape index (κ3) is 2.72. The molecule has 130 valence electrons. The van der Waals surface area contributed by atoms with E-state index in [1.165, 1.54) is 16.3 Å². The zero-order valence-corrected chi connectivity index (χ0v) is 15.2. The van der Waals surface area contributed by atoms with Crippen molar-refractivity contribution in [1.29, 1.82) is 0 Å². The fourth-order valence-electron chi connectivity index (χ4n) is 3.01. The third-order valence-electron chi connectivity index (χ3n) is 4.45. The molecule has 2 aromatic carbocycles. The first kappa shape index (κ1) is 16.6. The molecule has 0 aliphatic rings. The van der Waals surface area contributed by atoms with Crippen LogP contribution in [0.5, 0.6) is 0 Å². The van der Waals surface area contributed by atoms with Crippen molar-refractivity contribution in [2.24, 2.45) is 7.05 Å². The Hall–Kier alpha value is -2.86. The minimum absolute atomic E-state index is 0.00913. The van der Waals surface area contributed by atoms with E-state index in [0.29, 0.717) is 21.6 Å². The Morgan fingerprint density at radius 2 is 1.81 bits per heavy atom. The van der Waals surface area contributed by atoms with E-state index in [-0.39, 0.29) is 16.6 Å². The van der Waals surface area contributed by atoms with Crippen LogP contribution in [0.25, 0.3) is 21.8 Å². The van der Waals surface area contributed by atoms with Crippen LogP contribution in [0.3, 0.4) is 0 Å². The van der Waals surface area contributed by atoms with Crippen LogP contribution in [-0.4, -0.2) is 25.6 Å². The SMILES string of the molecule is CC(Sc1nc2ccccc2c(=O)n1C)C(=O)c1c[nH]c2ccccc12. The van der Waals surface area contributed by atoms with E-state index < -0.39 is 0 Å². The monoisotopic (exact) mass is 363 g/mol. The summed E-state index contributed by atoms with van der Waals surface area (Å²) in [5, 5.41) is 1.66. The van der Waals surface area contributed by atoms with E-state index in [2.05, 4.69) is 9.97 Å². The van der Waals surface area contributed by atoms with Gasteiger partial charge < -0.3 is 4.98 Å². The van der Waals surface area contributed by atoms with Crippen molar-refractivity contribution in [3.8, 4) is 0 Å². The molecule has 1 N–H and O–H groups in total. The Kier molecular flexibility index (Phi) is 4.12.